The zero-order valence-electron chi connectivity index (χ0n) is 11.6. The Balaban J connectivity index is 2.69. The predicted molar refractivity (Wildman–Crippen MR) is 71.3 cm³/mol. The number of hydrogen-bond acceptors (Lipinski definition) is 2. The maximum atomic E-state index is 5.79. The highest BCUT2D eigenvalue weighted by Gasteiger charge is 2.45. The zero-order valence-corrected chi connectivity index (χ0v) is 12.6. The lowest BCUT2D eigenvalue weighted by atomic mass is 9.87. The molecule has 0 N–H and O–H groups in total. The van der Waals surface area contributed by atoms with Crippen molar-refractivity contribution in [2.24, 2.45) is 5.92 Å². The first-order chi connectivity index (χ1) is 7.45. The Morgan fingerprint density at radius 1 is 1.00 bits per heavy atom. The summed E-state index contributed by atoms with van der Waals surface area (Å²) in [4.78, 5) is 0. The molecule has 0 atom stereocenters. The zero-order chi connectivity index (χ0) is 12.2. The molecule has 0 aromatic heterocycles. The van der Waals surface area contributed by atoms with E-state index in [-0.39, 0.29) is 5.41 Å². The van der Waals surface area contributed by atoms with Crippen LogP contribution in [-0.4, -0.2) is 27.7 Å². The molecule has 0 heterocycles. The third-order valence-electron chi connectivity index (χ3n) is 4.08. The smallest absolute Gasteiger partial charge is 0.150 e. The molecule has 1 aliphatic rings. The van der Waals surface area contributed by atoms with Crippen LogP contribution in [0.15, 0.2) is 0 Å². The van der Waals surface area contributed by atoms with E-state index < -0.39 is 8.07 Å². The Kier molecular flexibility index (Phi) is 5.01. The molecule has 0 bridgehead atoms. The summed E-state index contributed by atoms with van der Waals surface area (Å²) in [6, 6.07) is 0. The molecular formula is C13H28O2Si. The molecule has 96 valence electrons. The van der Waals surface area contributed by atoms with Gasteiger partial charge in [0.05, 0.1) is 0 Å². The van der Waals surface area contributed by atoms with Gasteiger partial charge in [0.25, 0.3) is 0 Å². The van der Waals surface area contributed by atoms with E-state index >= 15 is 0 Å². The highest BCUT2D eigenvalue weighted by Crippen LogP contribution is 2.37. The van der Waals surface area contributed by atoms with E-state index in [0.717, 1.165) is 12.3 Å². The van der Waals surface area contributed by atoms with Crippen molar-refractivity contribution in [2.75, 3.05) is 14.2 Å². The van der Waals surface area contributed by atoms with Crippen molar-refractivity contribution < 1.29 is 9.47 Å². The minimum atomic E-state index is -1.47. The molecule has 0 amide bonds. The second-order valence-corrected chi connectivity index (χ2v) is 11.4. The average molecular weight is 244 g/mol. The first-order valence-corrected chi connectivity index (χ1v) is 10.1. The third kappa shape index (κ3) is 3.08. The highest BCUT2D eigenvalue weighted by molar-refractivity contribution is 6.78. The predicted octanol–water partition coefficient (Wildman–Crippen LogP) is 3.82. The summed E-state index contributed by atoms with van der Waals surface area (Å²) in [5.41, 5.74) is -0.283. The van der Waals surface area contributed by atoms with E-state index in [0.29, 0.717) is 0 Å². The van der Waals surface area contributed by atoms with Gasteiger partial charge in [-0.25, -0.2) is 0 Å². The van der Waals surface area contributed by atoms with Gasteiger partial charge in [0.1, 0.15) is 8.07 Å². The summed E-state index contributed by atoms with van der Waals surface area (Å²) >= 11 is 0. The van der Waals surface area contributed by atoms with Gasteiger partial charge in [-0.1, -0.05) is 51.7 Å². The van der Waals surface area contributed by atoms with Crippen LogP contribution in [0.25, 0.3) is 0 Å². The molecule has 3 heteroatoms. The summed E-state index contributed by atoms with van der Waals surface area (Å²) in [5.74, 6) is 0.806. The molecule has 1 fully saturated rings. The fraction of sp³-hybridized carbons (Fsp3) is 1.00. The summed E-state index contributed by atoms with van der Waals surface area (Å²) in [7, 11) is 2.15. The van der Waals surface area contributed by atoms with E-state index in [9.17, 15) is 0 Å². The van der Waals surface area contributed by atoms with Gasteiger partial charge >= 0.3 is 0 Å². The summed E-state index contributed by atoms with van der Waals surface area (Å²) < 4.78 is 11.6. The van der Waals surface area contributed by atoms with Gasteiger partial charge in [0.2, 0.25) is 0 Å². The Morgan fingerprint density at radius 2 is 1.50 bits per heavy atom. The molecule has 0 aromatic rings. The van der Waals surface area contributed by atoms with E-state index in [1.807, 2.05) is 14.2 Å². The van der Waals surface area contributed by atoms with Crippen LogP contribution in [0.5, 0.6) is 0 Å². The number of methoxy groups -OCH3 is 2. The Labute approximate surface area is 102 Å². The van der Waals surface area contributed by atoms with Crippen LogP contribution in [0.2, 0.25) is 19.6 Å². The van der Waals surface area contributed by atoms with Crippen LogP contribution < -0.4 is 0 Å². The minimum absolute atomic E-state index is 0.283. The molecular weight excluding hydrogens is 216 g/mol. The van der Waals surface area contributed by atoms with Crippen molar-refractivity contribution in [1.82, 2.24) is 0 Å². The molecule has 0 aliphatic heterocycles. The maximum absolute atomic E-state index is 5.79. The summed E-state index contributed by atoms with van der Waals surface area (Å²) in [5, 5.41) is 0. The third-order valence-corrected chi connectivity index (χ3v) is 6.98. The van der Waals surface area contributed by atoms with Crippen LogP contribution >= 0.6 is 0 Å². The molecule has 2 nitrogen and oxygen atoms in total. The lowest BCUT2D eigenvalue weighted by Gasteiger charge is -2.43. The molecule has 0 spiro atoms. The summed E-state index contributed by atoms with van der Waals surface area (Å²) in [6.45, 7) is 7.01. The second-order valence-electron chi connectivity index (χ2n) is 6.12. The van der Waals surface area contributed by atoms with E-state index in [4.69, 9.17) is 9.47 Å². The van der Waals surface area contributed by atoms with Crippen LogP contribution in [0.3, 0.4) is 0 Å². The van der Waals surface area contributed by atoms with Crippen molar-refractivity contribution in [2.45, 2.75) is 63.6 Å². The number of hydrogen-bond donors (Lipinski definition) is 0. The van der Waals surface area contributed by atoms with Gasteiger partial charge in [-0.3, -0.25) is 0 Å². The van der Waals surface area contributed by atoms with Crippen molar-refractivity contribution in [3.05, 3.63) is 0 Å². The largest absolute Gasteiger partial charge is 0.357 e. The molecule has 1 rings (SSSR count). The van der Waals surface area contributed by atoms with E-state index in [1.165, 1.54) is 32.1 Å². The standard InChI is InChI=1S/C13H28O2Si/c1-14-13(15-2,16(3,4)5)11-12-9-7-6-8-10-12/h12H,6-11H2,1-5H3. The first-order valence-electron chi connectivity index (χ1n) is 6.55. The topological polar surface area (TPSA) is 18.5 Å². The quantitative estimate of drug-likeness (QED) is 0.540. The first kappa shape index (κ1) is 14.2. The molecule has 0 aromatic carbocycles. The number of rotatable bonds is 5. The maximum Gasteiger partial charge on any atom is 0.150 e. The lowest BCUT2D eigenvalue weighted by Crippen LogP contribution is -2.56. The van der Waals surface area contributed by atoms with E-state index in [1.54, 1.807) is 0 Å². The van der Waals surface area contributed by atoms with E-state index in [2.05, 4.69) is 19.6 Å². The Morgan fingerprint density at radius 3 is 1.88 bits per heavy atom. The minimum Gasteiger partial charge on any atom is -0.357 e. The van der Waals surface area contributed by atoms with Gasteiger partial charge in [0.15, 0.2) is 5.41 Å². The van der Waals surface area contributed by atoms with Crippen LogP contribution in [0.4, 0.5) is 0 Å². The normalized spacial score (nSPS) is 20.1. The molecule has 16 heavy (non-hydrogen) atoms. The van der Waals surface area contributed by atoms with Gasteiger partial charge in [-0.05, 0) is 5.92 Å². The number of ether oxygens (including phenoxy) is 2. The SMILES string of the molecule is COC(CC1CCCCC1)(OC)[Si](C)(C)C. The average Bonchev–Trinajstić information content (AvgIpc) is 2.25. The van der Waals surface area contributed by atoms with Crippen LogP contribution in [0, 0.1) is 5.92 Å². The monoisotopic (exact) mass is 244 g/mol. The molecule has 0 unspecified atom stereocenters. The van der Waals surface area contributed by atoms with Gasteiger partial charge in [-0.2, -0.15) is 0 Å². The fourth-order valence-corrected chi connectivity index (χ4v) is 5.07. The van der Waals surface area contributed by atoms with Gasteiger partial charge < -0.3 is 9.47 Å². The van der Waals surface area contributed by atoms with Crippen LogP contribution in [0.1, 0.15) is 38.5 Å². The van der Waals surface area contributed by atoms with Crippen molar-refractivity contribution in [3.63, 3.8) is 0 Å². The molecule has 0 saturated heterocycles. The second kappa shape index (κ2) is 5.65. The molecule has 1 aliphatic carbocycles. The fourth-order valence-electron chi connectivity index (χ4n) is 2.94. The highest BCUT2D eigenvalue weighted by atomic mass is 28.3. The Hall–Kier alpha value is 0.137. The van der Waals surface area contributed by atoms with Crippen molar-refractivity contribution in [3.8, 4) is 0 Å². The van der Waals surface area contributed by atoms with Crippen LogP contribution in [-0.2, 0) is 9.47 Å². The Bertz CT molecular complexity index is 200. The summed E-state index contributed by atoms with van der Waals surface area (Å²) in [6.07, 6.45) is 8.00. The van der Waals surface area contributed by atoms with Gasteiger partial charge in [-0.15, -0.1) is 0 Å². The molecule has 0 radical (unpaired) electrons. The van der Waals surface area contributed by atoms with Crippen molar-refractivity contribution in [1.29, 1.82) is 0 Å². The van der Waals surface area contributed by atoms with Gasteiger partial charge in [0, 0.05) is 20.6 Å². The molecule has 1 saturated carbocycles. The lowest BCUT2D eigenvalue weighted by molar-refractivity contribution is -0.163. The van der Waals surface area contributed by atoms with Crippen molar-refractivity contribution >= 4 is 8.07 Å².